The van der Waals surface area contributed by atoms with Gasteiger partial charge in [0.25, 0.3) is 5.91 Å². The molecule has 0 aliphatic carbocycles. The van der Waals surface area contributed by atoms with Crippen LogP contribution in [0.3, 0.4) is 0 Å². The fraction of sp³-hybridized carbons (Fsp3) is 0.381. The summed E-state index contributed by atoms with van der Waals surface area (Å²) in [6, 6.07) is 7.50. The van der Waals surface area contributed by atoms with Crippen LogP contribution < -0.4 is 10.2 Å². The highest BCUT2D eigenvalue weighted by Crippen LogP contribution is 2.26. The van der Waals surface area contributed by atoms with Crippen molar-refractivity contribution < 1.29 is 9.90 Å². The Morgan fingerprint density at radius 1 is 1.32 bits per heavy atom. The second-order valence-corrected chi connectivity index (χ2v) is 7.31. The highest BCUT2D eigenvalue weighted by atomic mass is 16.3. The maximum absolute atomic E-state index is 12.6. The molecule has 2 aliphatic rings. The third-order valence-corrected chi connectivity index (χ3v) is 5.45. The first-order valence-electron chi connectivity index (χ1n) is 9.65. The van der Waals surface area contributed by atoms with Crippen LogP contribution in [0.25, 0.3) is 5.57 Å². The molecule has 7 nitrogen and oxygen atoms in total. The number of carbonyl (C=O) groups excluding carboxylic acids is 1. The summed E-state index contributed by atoms with van der Waals surface area (Å²) < 4.78 is 0. The molecule has 0 saturated carbocycles. The lowest BCUT2D eigenvalue weighted by molar-refractivity contribution is 0.0737. The molecule has 7 heteroatoms. The number of nitrogens with one attached hydrogen (secondary N) is 1. The van der Waals surface area contributed by atoms with E-state index < -0.39 is 0 Å². The number of rotatable bonds is 4. The summed E-state index contributed by atoms with van der Waals surface area (Å²) in [5.74, 6) is 0.930. The van der Waals surface area contributed by atoms with E-state index in [2.05, 4.69) is 26.3 Å². The zero-order chi connectivity index (χ0) is 19.5. The lowest BCUT2D eigenvalue weighted by Gasteiger charge is -2.28. The molecule has 0 radical (unpaired) electrons. The number of benzene rings is 1. The van der Waals surface area contributed by atoms with Crippen molar-refractivity contribution >= 4 is 17.3 Å². The molecule has 2 aromatic rings. The van der Waals surface area contributed by atoms with E-state index in [1.165, 1.54) is 0 Å². The van der Waals surface area contributed by atoms with Crippen molar-refractivity contribution in [1.29, 1.82) is 0 Å². The number of hydrogen-bond acceptors (Lipinski definition) is 6. The number of likely N-dealkylation sites (N-methyl/N-ethyl adjacent to an activating group) is 1. The summed E-state index contributed by atoms with van der Waals surface area (Å²) in [6.07, 6.45) is 7.31. The largest absolute Gasteiger partial charge is 0.508 e. The molecular weight excluding hydrogens is 354 g/mol. The summed E-state index contributed by atoms with van der Waals surface area (Å²) in [7, 11) is 1.83. The van der Waals surface area contributed by atoms with E-state index in [4.69, 9.17) is 0 Å². The molecule has 2 N–H and O–H groups in total. The third kappa shape index (κ3) is 3.84. The van der Waals surface area contributed by atoms with Gasteiger partial charge in [0, 0.05) is 32.7 Å². The second-order valence-electron chi connectivity index (χ2n) is 7.31. The molecule has 1 unspecified atom stereocenters. The number of aromatic nitrogens is 2. The number of aromatic hydroxyl groups is 1. The summed E-state index contributed by atoms with van der Waals surface area (Å²) in [5.41, 5.74) is 2.53. The van der Waals surface area contributed by atoms with Gasteiger partial charge < -0.3 is 20.2 Å². The van der Waals surface area contributed by atoms with Gasteiger partial charge in [0.2, 0.25) is 0 Å². The van der Waals surface area contributed by atoms with E-state index in [1.54, 1.807) is 29.4 Å². The fourth-order valence-electron chi connectivity index (χ4n) is 3.77. The van der Waals surface area contributed by atoms with Gasteiger partial charge in [-0.25, -0.2) is 9.97 Å². The molecule has 2 aliphatic heterocycles. The van der Waals surface area contributed by atoms with Crippen molar-refractivity contribution in [1.82, 2.24) is 20.2 Å². The molecule has 146 valence electrons. The van der Waals surface area contributed by atoms with Crippen molar-refractivity contribution in [2.24, 2.45) is 0 Å². The van der Waals surface area contributed by atoms with Gasteiger partial charge in [-0.1, -0.05) is 18.2 Å². The van der Waals surface area contributed by atoms with E-state index in [-0.39, 0.29) is 17.7 Å². The maximum atomic E-state index is 12.6. The van der Waals surface area contributed by atoms with Crippen molar-refractivity contribution in [3.63, 3.8) is 0 Å². The van der Waals surface area contributed by atoms with Crippen molar-refractivity contribution in [3.8, 4) is 5.75 Å². The number of nitrogens with zero attached hydrogens (tertiary/aromatic N) is 4. The Balaban J connectivity index is 1.45. The van der Waals surface area contributed by atoms with Gasteiger partial charge in [0.1, 0.15) is 17.3 Å². The van der Waals surface area contributed by atoms with Crippen LogP contribution in [0, 0.1) is 0 Å². The molecule has 0 spiro atoms. The average molecular weight is 379 g/mol. The summed E-state index contributed by atoms with van der Waals surface area (Å²) in [4.78, 5) is 25.4. The van der Waals surface area contributed by atoms with Gasteiger partial charge in [-0.2, -0.15) is 0 Å². The van der Waals surface area contributed by atoms with Crippen LogP contribution in [0.2, 0.25) is 0 Å². The second kappa shape index (κ2) is 7.98. The van der Waals surface area contributed by atoms with E-state index in [9.17, 15) is 9.90 Å². The third-order valence-electron chi connectivity index (χ3n) is 5.45. The zero-order valence-corrected chi connectivity index (χ0v) is 16.0. The lowest BCUT2D eigenvalue weighted by atomic mass is 10.0. The quantitative estimate of drug-likeness (QED) is 0.845. The summed E-state index contributed by atoms with van der Waals surface area (Å²) in [5, 5.41) is 13.0. The van der Waals surface area contributed by atoms with Crippen molar-refractivity contribution in [2.75, 3.05) is 38.1 Å². The number of phenols is 1. The minimum atomic E-state index is -0.0910. The lowest BCUT2D eigenvalue weighted by Crippen LogP contribution is -2.38. The topological polar surface area (TPSA) is 81.6 Å². The van der Waals surface area contributed by atoms with E-state index in [1.807, 2.05) is 19.2 Å². The highest BCUT2D eigenvalue weighted by molar-refractivity contribution is 5.92. The summed E-state index contributed by atoms with van der Waals surface area (Å²) in [6.45, 7) is 3.31. The minimum Gasteiger partial charge on any atom is -0.508 e. The highest BCUT2D eigenvalue weighted by Gasteiger charge is 2.25. The van der Waals surface area contributed by atoms with Crippen molar-refractivity contribution in [2.45, 2.75) is 18.9 Å². The number of anilines is 1. The van der Waals surface area contributed by atoms with E-state index >= 15 is 0 Å². The van der Waals surface area contributed by atoms with Crippen LogP contribution in [-0.2, 0) is 0 Å². The molecular formula is C21H25N5O2. The molecule has 1 atom stereocenters. The fourth-order valence-corrected chi connectivity index (χ4v) is 3.77. The van der Waals surface area contributed by atoms with Gasteiger partial charge in [-0.15, -0.1) is 0 Å². The first-order chi connectivity index (χ1) is 13.6. The van der Waals surface area contributed by atoms with Gasteiger partial charge in [-0.05, 0) is 42.7 Å². The molecule has 3 heterocycles. The maximum Gasteiger partial charge on any atom is 0.274 e. The van der Waals surface area contributed by atoms with Gasteiger partial charge in [-0.3, -0.25) is 4.79 Å². The average Bonchev–Trinajstić information content (AvgIpc) is 3.28. The Hall–Kier alpha value is -2.93. The Labute approximate surface area is 164 Å². The molecule has 0 bridgehead atoms. The Bertz CT molecular complexity index is 875. The standard InChI is InChI=1S/C21H25N5O2/c1-25(17-7-8-22-11-17)21(28)19-12-24-20(13-23-19)26-9-3-5-16(14-26)15-4-2-6-18(27)10-15/h2,4-6,10,12-13,17,22,27H,3,7-9,11,14H2,1H3. The number of phenolic OH excluding ortho intramolecular Hbond substituents is 1. The number of amides is 1. The minimum absolute atomic E-state index is 0.0910. The Morgan fingerprint density at radius 2 is 2.21 bits per heavy atom. The monoisotopic (exact) mass is 379 g/mol. The van der Waals surface area contributed by atoms with Crippen molar-refractivity contribution in [3.05, 3.63) is 54.0 Å². The first-order valence-corrected chi connectivity index (χ1v) is 9.65. The molecule has 1 aromatic carbocycles. The van der Waals surface area contributed by atoms with Gasteiger partial charge >= 0.3 is 0 Å². The molecule has 28 heavy (non-hydrogen) atoms. The Kier molecular flexibility index (Phi) is 5.25. The van der Waals surface area contributed by atoms with Crippen LogP contribution in [0.5, 0.6) is 5.75 Å². The SMILES string of the molecule is CN(C(=O)c1cnc(N2CCC=C(c3cccc(O)c3)C2)cn1)C1CCNC1. The van der Waals surface area contributed by atoms with Crippen LogP contribution in [-0.4, -0.2) is 65.2 Å². The Morgan fingerprint density at radius 3 is 2.93 bits per heavy atom. The molecule has 4 rings (SSSR count). The van der Waals surface area contributed by atoms with E-state index in [0.29, 0.717) is 12.2 Å². The number of hydrogen-bond donors (Lipinski definition) is 2. The predicted octanol–water partition coefficient (Wildman–Crippen LogP) is 1.91. The zero-order valence-electron chi connectivity index (χ0n) is 16.0. The molecule has 1 aromatic heterocycles. The van der Waals surface area contributed by atoms with Crippen LogP contribution in [0.1, 0.15) is 28.9 Å². The van der Waals surface area contributed by atoms with E-state index in [0.717, 1.165) is 49.4 Å². The van der Waals surface area contributed by atoms with Crippen LogP contribution >= 0.6 is 0 Å². The smallest absolute Gasteiger partial charge is 0.274 e. The molecule has 1 amide bonds. The van der Waals surface area contributed by atoms with Gasteiger partial charge in [0.05, 0.1) is 12.4 Å². The molecule has 1 fully saturated rings. The van der Waals surface area contributed by atoms with Crippen LogP contribution in [0.15, 0.2) is 42.7 Å². The van der Waals surface area contributed by atoms with Crippen LogP contribution in [0.4, 0.5) is 5.82 Å². The number of carbonyl (C=O) groups is 1. The molecule has 1 saturated heterocycles. The predicted molar refractivity (Wildman–Crippen MR) is 108 cm³/mol. The first kappa shape index (κ1) is 18.4. The van der Waals surface area contributed by atoms with Gasteiger partial charge in [0.15, 0.2) is 0 Å². The normalized spacial score (nSPS) is 19.4. The summed E-state index contributed by atoms with van der Waals surface area (Å²) >= 11 is 0.